The monoisotopic (exact) mass is 234 g/mol. The van der Waals surface area contributed by atoms with E-state index in [1.165, 1.54) is 38.5 Å². The summed E-state index contributed by atoms with van der Waals surface area (Å²) in [6, 6.07) is 0. The number of unbranched alkanes of at least 4 members (excludes halogenated alkanes) is 2. The molecular weight excluding hydrogens is 208 g/mol. The standard InChI is InChI=1S/C8H16.C3H10O3Si/c1-2-3-4-5-8-6-7-8;1-4-7(5-2)6-3/h8H,2-7H2,1H3;7H,1-3H3. The van der Waals surface area contributed by atoms with Gasteiger partial charge in [0.15, 0.2) is 0 Å². The molecule has 0 saturated heterocycles. The molecule has 0 bridgehead atoms. The minimum Gasteiger partial charge on any atom is -0.379 e. The van der Waals surface area contributed by atoms with E-state index in [-0.39, 0.29) is 0 Å². The van der Waals surface area contributed by atoms with Crippen molar-refractivity contribution in [2.75, 3.05) is 21.3 Å². The molecule has 0 N–H and O–H groups in total. The van der Waals surface area contributed by atoms with Gasteiger partial charge in [-0.3, -0.25) is 0 Å². The molecule has 1 saturated carbocycles. The van der Waals surface area contributed by atoms with E-state index in [2.05, 4.69) is 6.92 Å². The van der Waals surface area contributed by atoms with Gasteiger partial charge in [-0.15, -0.1) is 0 Å². The van der Waals surface area contributed by atoms with Gasteiger partial charge in [-0.1, -0.05) is 45.4 Å². The minimum absolute atomic E-state index is 1.15. The van der Waals surface area contributed by atoms with Crippen molar-refractivity contribution in [3.63, 3.8) is 0 Å². The van der Waals surface area contributed by atoms with Crippen molar-refractivity contribution >= 4 is 9.53 Å². The highest BCUT2D eigenvalue weighted by atomic mass is 28.3. The van der Waals surface area contributed by atoms with Crippen LogP contribution in [-0.2, 0) is 13.3 Å². The summed E-state index contributed by atoms with van der Waals surface area (Å²) in [4.78, 5) is 0. The van der Waals surface area contributed by atoms with Crippen molar-refractivity contribution < 1.29 is 13.3 Å². The van der Waals surface area contributed by atoms with E-state index in [4.69, 9.17) is 13.3 Å². The zero-order valence-corrected chi connectivity index (χ0v) is 11.8. The third-order valence-corrected chi connectivity index (χ3v) is 3.64. The Bertz CT molecular complexity index is 119. The Labute approximate surface area is 96.1 Å². The number of hydrogen-bond donors (Lipinski definition) is 0. The smallest absolute Gasteiger partial charge is 0.379 e. The van der Waals surface area contributed by atoms with Gasteiger partial charge in [-0.25, -0.2) is 0 Å². The topological polar surface area (TPSA) is 27.7 Å². The third-order valence-electron chi connectivity index (χ3n) is 2.49. The zero-order chi connectivity index (χ0) is 11.5. The third kappa shape index (κ3) is 10.4. The Balaban J connectivity index is 0.000000265. The van der Waals surface area contributed by atoms with Crippen LogP contribution in [0.1, 0.15) is 45.4 Å². The molecule has 1 aliphatic rings. The molecule has 0 spiro atoms. The van der Waals surface area contributed by atoms with E-state index in [1.807, 2.05) is 0 Å². The maximum absolute atomic E-state index is 4.74. The molecule has 1 aliphatic carbocycles. The first-order valence-electron chi connectivity index (χ1n) is 5.86. The lowest BCUT2D eigenvalue weighted by atomic mass is 10.1. The first kappa shape index (κ1) is 15.1. The number of rotatable bonds is 7. The van der Waals surface area contributed by atoms with Gasteiger partial charge in [0.05, 0.1) is 0 Å². The molecule has 0 aliphatic heterocycles. The predicted molar refractivity (Wildman–Crippen MR) is 65.0 cm³/mol. The molecule has 0 aromatic carbocycles. The van der Waals surface area contributed by atoms with E-state index >= 15 is 0 Å². The van der Waals surface area contributed by atoms with Gasteiger partial charge in [0.25, 0.3) is 0 Å². The molecule has 0 unspecified atom stereocenters. The quantitative estimate of drug-likeness (QED) is 0.500. The summed E-state index contributed by atoms with van der Waals surface area (Å²) in [5.74, 6) is 1.15. The fourth-order valence-electron chi connectivity index (χ4n) is 1.38. The van der Waals surface area contributed by atoms with Crippen LogP contribution in [0.4, 0.5) is 0 Å². The summed E-state index contributed by atoms with van der Waals surface area (Å²) < 4.78 is 14.2. The Morgan fingerprint density at radius 2 is 1.53 bits per heavy atom. The summed E-state index contributed by atoms with van der Waals surface area (Å²) in [7, 11) is 3.05. The Morgan fingerprint density at radius 1 is 1.00 bits per heavy atom. The number of hydrogen-bond acceptors (Lipinski definition) is 3. The van der Waals surface area contributed by atoms with Crippen LogP contribution in [0.3, 0.4) is 0 Å². The van der Waals surface area contributed by atoms with Gasteiger partial charge in [0.1, 0.15) is 0 Å². The van der Waals surface area contributed by atoms with Crippen molar-refractivity contribution in [2.45, 2.75) is 45.4 Å². The van der Waals surface area contributed by atoms with E-state index in [0.717, 1.165) is 5.92 Å². The van der Waals surface area contributed by atoms with Gasteiger partial charge in [0, 0.05) is 21.3 Å². The lowest BCUT2D eigenvalue weighted by molar-refractivity contribution is 0.163. The van der Waals surface area contributed by atoms with Gasteiger partial charge >= 0.3 is 9.53 Å². The van der Waals surface area contributed by atoms with E-state index in [9.17, 15) is 0 Å². The highest BCUT2D eigenvalue weighted by molar-refractivity contribution is 6.36. The second-order valence-electron chi connectivity index (χ2n) is 3.93. The van der Waals surface area contributed by atoms with Crippen molar-refractivity contribution in [3.8, 4) is 0 Å². The maximum atomic E-state index is 4.74. The summed E-state index contributed by atoms with van der Waals surface area (Å²) in [5, 5.41) is 0. The second kappa shape index (κ2) is 10.6. The molecular formula is C11H26O3Si. The molecule has 0 amide bonds. The molecule has 92 valence electrons. The largest absolute Gasteiger partial charge is 0.483 e. The molecule has 0 aromatic heterocycles. The van der Waals surface area contributed by atoms with Crippen LogP contribution in [0.15, 0.2) is 0 Å². The van der Waals surface area contributed by atoms with E-state index < -0.39 is 9.53 Å². The SMILES string of the molecule is CCCCCC1CC1.CO[SiH](OC)OC. The van der Waals surface area contributed by atoms with Crippen LogP contribution in [0.25, 0.3) is 0 Å². The Morgan fingerprint density at radius 3 is 1.80 bits per heavy atom. The maximum Gasteiger partial charge on any atom is 0.483 e. The van der Waals surface area contributed by atoms with Gasteiger partial charge in [0.2, 0.25) is 0 Å². The molecule has 0 atom stereocenters. The Kier molecular flexibility index (Phi) is 10.7. The van der Waals surface area contributed by atoms with Crippen LogP contribution in [0.2, 0.25) is 0 Å². The van der Waals surface area contributed by atoms with Crippen molar-refractivity contribution in [1.82, 2.24) is 0 Å². The van der Waals surface area contributed by atoms with Crippen molar-refractivity contribution in [1.29, 1.82) is 0 Å². The van der Waals surface area contributed by atoms with Crippen LogP contribution in [-0.4, -0.2) is 30.9 Å². The highest BCUT2D eigenvalue weighted by Gasteiger charge is 2.19. The van der Waals surface area contributed by atoms with E-state index in [0.29, 0.717) is 0 Å². The first-order chi connectivity index (χ1) is 7.28. The van der Waals surface area contributed by atoms with Gasteiger partial charge < -0.3 is 13.3 Å². The van der Waals surface area contributed by atoms with Crippen LogP contribution < -0.4 is 0 Å². The predicted octanol–water partition coefficient (Wildman–Crippen LogP) is 2.62. The molecule has 1 rings (SSSR count). The second-order valence-corrected chi connectivity index (χ2v) is 5.93. The first-order valence-corrected chi connectivity index (χ1v) is 7.28. The molecule has 3 nitrogen and oxygen atoms in total. The fourth-order valence-corrected chi connectivity index (χ4v) is 1.96. The Hall–Kier alpha value is 0.0969. The van der Waals surface area contributed by atoms with Crippen LogP contribution in [0.5, 0.6) is 0 Å². The van der Waals surface area contributed by atoms with Crippen LogP contribution in [0, 0.1) is 5.92 Å². The molecule has 1 fully saturated rings. The molecule has 15 heavy (non-hydrogen) atoms. The zero-order valence-electron chi connectivity index (χ0n) is 10.6. The van der Waals surface area contributed by atoms with E-state index in [1.54, 1.807) is 21.3 Å². The lowest BCUT2D eigenvalue weighted by Gasteiger charge is -2.05. The minimum atomic E-state index is -1.67. The lowest BCUT2D eigenvalue weighted by Crippen LogP contribution is -2.21. The average molecular weight is 234 g/mol. The van der Waals surface area contributed by atoms with Crippen molar-refractivity contribution in [3.05, 3.63) is 0 Å². The summed E-state index contributed by atoms with van der Waals surface area (Å²) in [6.07, 6.45) is 8.91. The molecule has 4 heteroatoms. The van der Waals surface area contributed by atoms with Crippen molar-refractivity contribution in [2.24, 2.45) is 5.92 Å². The fraction of sp³-hybridized carbons (Fsp3) is 1.00. The van der Waals surface area contributed by atoms with Crippen LogP contribution >= 0.6 is 0 Å². The molecule has 0 heterocycles. The summed E-state index contributed by atoms with van der Waals surface area (Å²) in [6.45, 7) is 2.27. The van der Waals surface area contributed by atoms with Gasteiger partial charge in [-0.2, -0.15) is 0 Å². The van der Waals surface area contributed by atoms with Gasteiger partial charge in [-0.05, 0) is 5.92 Å². The normalized spacial score (nSPS) is 15.0. The summed E-state index contributed by atoms with van der Waals surface area (Å²) in [5.41, 5.74) is 0. The molecule has 0 radical (unpaired) electrons. The highest BCUT2D eigenvalue weighted by Crippen LogP contribution is 2.33. The average Bonchev–Trinajstić information content (AvgIpc) is 3.06. The summed E-state index contributed by atoms with van der Waals surface area (Å²) >= 11 is 0. The molecule has 0 aromatic rings.